The van der Waals surface area contributed by atoms with Crippen LogP contribution in [0.15, 0.2) is 36.4 Å². The lowest BCUT2D eigenvalue weighted by molar-refractivity contribution is -0.148. The maximum Gasteiger partial charge on any atom is 0.331 e. The van der Waals surface area contributed by atoms with E-state index in [4.69, 9.17) is 30.5 Å². The van der Waals surface area contributed by atoms with Crippen LogP contribution in [0.2, 0.25) is 5.02 Å². The maximum atomic E-state index is 12.3. The predicted octanol–water partition coefficient (Wildman–Crippen LogP) is 4.26. The first-order chi connectivity index (χ1) is 14.3. The number of amides is 1. The molecule has 2 rings (SSSR count). The number of nitrogens with one attached hydrogen (secondary N) is 1. The van der Waals surface area contributed by atoms with Crippen molar-refractivity contribution >= 4 is 35.2 Å². The fourth-order valence-electron chi connectivity index (χ4n) is 2.57. The first kappa shape index (κ1) is 23.1. The van der Waals surface area contributed by atoms with Crippen molar-refractivity contribution in [3.05, 3.63) is 52.6 Å². The Kier molecular flexibility index (Phi) is 8.12. The molecule has 2 aromatic carbocycles. The van der Waals surface area contributed by atoms with E-state index in [-0.39, 0.29) is 0 Å². The summed E-state index contributed by atoms with van der Waals surface area (Å²) < 4.78 is 21.0. The van der Waals surface area contributed by atoms with Gasteiger partial charge in [-0.3, -0.25) is 4.79 Å². The lowest BCUT2D eigenvalue weighted by Gasteiger charge is -2.14. The van der Waals surface area contributed by atoms with Crippen molar-refractivity contribution in [1.29, 1.82) is 0 Å². The number of rotatable bonds is 8. The smallest absolute Gasteiger partial charge is 0.331 e. The lowest BCUT2D eigenvalue weighted by atomic mass is 10.1. The molecule has 1 N–H and O–H groups in total. The quantitative estimate of drug-likeness (QED) is 0.494. The zero-order valence-corrected chi connectivity index (χ0v) is 18.2. The van der Waals surface area contributed by atoms with E-state index in [1.807, 2.05) is 6.92 Å². The van der Waals surface area contributed by atoms with Crippen molar-refractivity contribution in [1.82, 2.24) is 0 Å². The van der Waals surface area contributed by atoms with Gasteiger partial charge in [-0.15, -0.1) is 0 Å². The normalized spacial score (nSPS) is 11.7. The third kappa shape index (κ3) is 5.90. The van der Waals surface area contributed by atoms with Crippen LogP contribution >= 0.6 is 11.6 Å². The highest BCUT2D eigenvalue weighted by Gasteiger charge is 2.18. The minimum Gasteiger partial charge on any atom is -0.496 e. The van der Waals surface area contributed by atoms with E-state index >= 15 is 0 Å². The minimum absolute atomic E-state index is 0.467. The highest BCUT2D eigenvalue weighted by Crippen LogP contribution is 2.35. The van der Waals surface area contributed by atoms with Crippen molar-refractivity contribution in [3.8, 4) is 17.2 Å². The Bertz CT molecular complexity index is 957. The van der Waals surface area contributed by atoms with E-state index in [1.54, 1.807) is 30.3 Å². The molecule has 0 fully saturated rings. The second kappa shape index (κ2) is 10.5. The monoisotopic (exact) mass is 433 g/mol. The van der Waals surface area contributed by atoms with Crippen LogP contribution in [0.4, 0.5) is 5.69 Å². The average molecular weight is 434 g/mol. The van der Waals surface area contributed by atoms with Gasteiger partial charge in [0.05, 0.1) is 21.3 Å². The largest absolute Gasteiger partial charge is 0.496 e. The highest BCUT2D eigenvalue weighted by molar-refractivity contribution is 6.31. The molecule has 0 aliphatic carbocycles. The summed E-state index contributed by atoms with van der Waals surface area (Å²) in [5.74, 6) is 0.314. The first-order valence-corrected chi connectivity index (χ1v) is 9.42. The molecule has 0 saturated heterocycles. The molecule has 0 spiro atoms. The Balaban J connectivity index is 2.06. The molecule has 0 saturated carbocycles. The number of carbonyl (C=O) groups excluding carboxylic acids is 2. The molecular weight excluding hydrogens is 410 g/mol. The van der Waals surface area contributed by atoms with Gasteiger partial charge in [0.1, 0.15) is 5.75 Å². The van der Waals surface area contributed by atoms with Crippen LogP contribution in [0.5, 0.6) is 17.2 Å². The van der Waals surface area contributed by atoms with Crippen molar-refractivity contribution in [2.24, 2.45) is 0 Å². The third-order valence-corrected chi connectivity index (χ3v) is 4.49. The van der Waals surface area contributed by atoms with Crippen LogP contribution < -0.4 is 19.5 Å². The molecule has 0 bridgehead atoms. The second-order valence-corrected chi connectivity index (χ2v) is 6.75. The number of ether oxygens (including phenoxy) is 4. The van der Waals surface area contributed by atoms with Gasteiger partial charge >= 0.3 is 5.97 Å². The summed E-state index contributed by atoms with van der Waals surface area (Å²) in [6.07, 6.45) is 1.71. The van der Waals surface area contributed by atoms with Gasteiger partial charge in [0.25, 0.3) is 5.91 Å². The van der Waals surface area contributed by atoms with Crippen molar-refractivity contribution < 1.29 is 28.5 Å². The molecule has 7 nitrogen and oxygen atoms in total. The summed E-state index contributed by atoms with van der Waals surface area (Å²) in [4.78, 5) is 24.5. The lowest BCUT2D eigenvalue weighted by Crippen LogP contribution is -2.29. The zero-order chi connectivity index (χ0) is 22.3. The van der Waals surface area contributed by atoms with Crippen LogP contribution in [0.3, 0.4) is 0 Å². The van der Waals surface area contributed by atoms with Gasteiger partial charge < -0.3 is 24.3 Å². The summed E-state index contributed by atoms with van der Waals surface area (Å²) in [5.41, 5.74) is 1.98. The molecule has 160 valence electrons. The number of benzene rings is 2. The van der Waals surface area contributed by atoms with Gasteiger partial charge in [0, 0.05) is 28.4 Å². The van der Waals surface area contributed by atoms with Crippen LogP contribution in [-0.4, -0.2) is 39.3 Å². The Morgan fingerprint density at radius 1 is 1.00 bits per heavy atom. The SMILES string of the molecule is COc1cc(OC)c(OC)cc1/C=C/C(=O)OC(C)C(=O)Nc1cc(Cl)ccc1C. The fourth-order valence-corrected chi connectivity index (χ4v) is 2.74. The molecular formula is C22H24ClNO6. The topological polar surface area (TPSA) is 83.1 Å². The summed E-state index contributed by atoms with van der Waals surface area (Å²) in [6.45, 7) is 3.32. The summed E-state index contributed by atoms with van der Waals surface area (Å²) in [5, 5.41) is 3.19. The number of aryl methyl sites for hydroxylation is 1. The Hall–Kier alpha value is -3.19. The number of esters is 1. The summed E-state index contributed by atoms with van der Waals surface area (Å²) >= 11 is 5.96. The second-order valence-electron chi connectivity index (χ2n) is 6.31. The molecule has 1 unspecified atom stereocenters. The predicted molar refractivity (Wildman–Crippen MR) is 116 cm³/mol. The van der Waals surface area contributed by atoms with Crippen LogP contribution in [0, 0.1) is 6.92 Å². The van der Waals surface area contributed by atoms with E-state index in [0.717, 1.165) is 5.56 Å². The van der Waals surface area contributed by atoms with Gasteiger partial charge in [-0.2, -0.15) is 0 Å². The van der Waals surface area contributed by atoms with Crippen molar-refractivity contribution in [3.63, 3.8) is 0 Å². The van der Waals surface area contributed by atoms with E-state index in [0.29, 0.717) is 33.5 Å². The molecule has 0 aliphatic rings. The Morgan fingerprint density at radius 2 is 1.63 bits per heavy atom. The molecule has 0 aromatic heterocycles. The average Bonchev–Trinajstić information content (AvgIpc) is 2.73. The van der Waals surface area contributed by atoms with Crippen LogP contribution in [0.1, 0.15) is 18.1 Å². The molecule has 0 aliphatic heterocycles. The van der Waals surface area contributed by atoms with E-state index in [9.17, 15) is 9.59 Å². The van der Waals surface area contributed by atoms with Gasteiger partial charge in [-0.05, 0) is 43.7 Å². The van der Waals surface area contributed by atoms with Gasteiger partial charge in [-0.1, -0.05) is 17.7 Å². The highest BCUT2D eigenvalue weighted by atomic mass is 35.5. The van der Waals surface area contributed by atoms with Gasteiger partial charge in [0.2, 0.25) is 0 Å². The zero-order valence-electron chi connectivity index (χ0n) is 17.4. The number of methoxy groups -OCH3 is 3. The maximum absolute atomic E-state index is 12.3. The molecule has 0 radical (unpaired) electrons. The molecule has 30 heavy (non-hydrogen) atoms. The van der Waals surface area contributed by atoms with Gasteiger partial charge in [-0.25, -0.2) is 4.79 Å². The standard InChI is InChI=1S/C22H24ClNO6/c1-13-6-8-16(23)11-17(13)24-22(26)14(2)30-21(25)9-7-15-10-19(28-4)20(29-5)12-18(15)27-3/h6-12,14H,1-5H3,(H,24,26)/b9-7+. The number of anilines is 1. The van der Waals surface area contributed by atoms with E-state index in [2.05, 4.69) is 5.32 Å². The number of carbonyl (C=O) groups is 2. The Morgan fingerprint density at radius 3 is 2.27 bits per heavy atom. The summed E-state index contributed by atoms with van der Waals surface area (Å²) in [7, 11) is 4.52. The summed E-state index contributed by atoms with van der Waals surface area (Å²) in [6, 6.07) is 8.45. The van der Waals surface area contributed by atoms with Crippen molar-refractivity contribution in [2.45, 2.75) is 20.0 Å². The number of hydrogen-bond acceptors (Lipinski definition) is 6. The molecule has 1 amide bonds. The minimum atomic E-state index is -1.01. The molecule has 0 heterocycles. The van der Waals surface area contributed by atoms with E-state index in [1.165, 1.54) is 40.4 Å². The molecule has 8 heteroatoms. The molecule has 2 aromatic rings. The van der Waals surface area contributed by atoms with Gasteiger partial charge in [0.15, 0.2) is 17.6 Å². The fraction of sp³-hybridized carbons (Fsp3) is 0.273. The molecule has 1 atom stereocenters. The first-order valence-electron chi connectivity index (χ1n) is 9.04. The number of halogens is 1. The van der Waals surface area contributed by atoms with Crippen molar-refractivity contribution in [2.75, 3.05) is 26.6 Å². The third-order valence-electron chi connectivity index (χ3n) is 4.25. The van der Waals surface area contributed by atoms with Crippen LogP contribution in [-0.2, 0) is 14.3 Å². The van der Waals surface area contributed by atoms with Crippen LogP contribution in [0.25, 0.3) is 6.08 Å². The number of hydrogen-bond donors (Lipinski definition) is 1. The van der Waals surface area contributed by atoms with E-state index < -0.39 is 18.0 Å². The Labute approximate surface area is 180 Å².